The lowest BCUT2D eigenvalue weighted by atomic mass is 10.00. The molecule has 22 heteroatoms. The molecule has 0 aliphatic heterocycles. The predicted molar refractivity (Wildman–Crippen MR) is 238 cm³/mol. The monoisotopic (exact) mass is 912 g/mol. The smallest absolute Gasteiger partial charge is 0.326 e. The predicted octanol–water partition coefficient (Wildman–Crippen LogP) is -1.15. The normalized spacial score (nSPS) is 13.8. The second-order valence-corrected chi connectivity index (χ2v) is 16.4. The molecule has 2 aromatic rings. The first-order valence-corrected chi connectivity index (χ1v) is 21.1. The Hall–Kier alpha value is -6.97. The molecule has 2 rings (SSSR count). The van der Waals surface area contributed by atoms with E-state index in [1.54, 1.807) is 39.8 Å². The van der Waals surface area contributed by atoms with E-state index in [0.29, 0.717) is 17.5 Å². The molecule has 22 nitrogen and oxygen atoms in total. The number of amides is 6. The summed E-state index contributed by atoms with van der Waals surface area (Å²) in [6.45, 7) is 6.65. The summed E-state index contributed by atoms with van der Waals surface area (Å²) >= 11 is 0. The summed E-state index contributed by atoms with van der Waals surface area (Å²) < 4.78 is 0. The topological polar surface area (TPSA) is 380 Å². The van der Waals surface area contributed by atoms with Crippen molar-refractivity contribution in [2.75, 3.05) is 13.1 Å². The third-order valence-electron chi connectivity index (χ3n) is 9.71. The molecule has 0 radical (unpaired) electrons. The average molecular weight is 913 g/mol. The maximum atomic E-state index is 13.9. The van der Waals surface area contributed by atoms with Crippen LogP contribution in [0, 0.1) is 11.8 Å². The van der Waals surface area contributed by atoms with Crippen LogP contribution in [0.2, 0.25) is 0 Å². The molecule has 0 fully saturated rings. The van der Waals surface area contributed by atoms with Crippen molar-refractivity contribution < 1.29 is 58.8 Å². The highest BCUT2D eigenvalue weighted by Crippen LogP contribution is 2.15. The molecule has 358 valence electrons. The number of carboxylic acids is 2. The van der Waals surface area contributed by atoms with E-state index in [4.69, 9.17) is 22.3 Å². The van der Waals surface area contributed by atoms with Crippen LogP contribution in [0.3, 0.4) is 0 Å². The Labute approximate surface area is 376 Å². The molecule has 0 unspecified atom stereocenters. The second kappa shape index (κ2) is 27.3. The summed E-state index contributed by atoms with van der Waals surface area (Å²) in [6, 6.07) is 3.94. The average Bonchev–Trinajstić information content (AvgIpc) is 3.22. The van der Waals surface area contributed by atoms with Gasteiger partial charge in [0.25, 0.3) is 0 Å². The fraction of sp³-hybridized carbons (Fsp3) is 0.512. The zero-order chi connectivity index (χ0) is 48.8. The largest absolute Gasteiger partial charge is 0.508 e. The number of phenolic OH excluding ortho intramolecular Hbond substituents is 2. The van der Waals surface area contributed by atoms with Crippen molar-refractivity contribution in [2.45, 2.75) is 115 Å². The van der Waals surface area contributed by atoms with E-state index in [-0.39, 0.29) is 67.9 Å². The minimum atomic E-state index is -1.56. The first-order chi connectivity index (χ1) is 30.5. The van der Waals surface area contributed by atoms with Gasteiger partial charge in [-0.2, -0.15) is 0 Å². The number of aliphatic carboxylic acids is 2. The lowest BCUT2D eigenvalue weighted by molar-refractivity contribution is -0.143. The molecule has 6 amide bonds. The first kappa shape index (κ1) is 54.2. The molecule has 0 aliphatic rings. The molecule has 0 aromatic heterocycles. The maximum absolute atomic E-state index is 13.9. The van der Waals surface area contributed by atoms with Crippen LogP contribution in [0.15, 0.2) is 53.5 Å². The summed E-state index contributed by atoms with van der Waals surface area (Å²) in [5.41, 5.74) is 17.9. The van der Waals surface area contributed by atoms with Crippen LogP contribution in [0.1, 0.15) is 77.3 Å². The van der Waals surface area contributed by atoms with Crippen molar-refractivity contribution in [2.24, 2.45) is 34.0 Å². The second-order valence-electron chi connectivity index (χ2n) is 16.4. The van der Waals surface area contributed by atoms with Crippen LogP contribution in [-0.4, -0.2) is 123 Å². The van der Waals surface area contributed by atoms with E-state index in [0.717, 1.165) is 0 Å². The van der Waals surface area contributed by atoms with Crippen LogP contribution in [0.25, 0.3) is 0 Å². The molecule has 65 heavy (non-hydrogen) atoms. The molecule has 2 aromatic carbocycles. The molecule has 0 heterocycles. The SMILES string of the molecule is CC(C)C[C@H](NC(=O)[C@H](Cc1ccc(O)cc1)NC(=O)[C@@H](N)CCCN=C(N)N)C(=O)NCC(=O)N[C@@H](Cc1ccc(O)cc1)C(=O)N[C@@H](CC(C)C)C(=O)N[C@@H](CCC(=O)O)C(=O)O. The van der Waals surface area contributed by atoms with Gasteiger partial charge in [0.05, 0.1) is 12.6 Å². The number of aliphatic imine (C=N–C) groups is 1. The van der Waals surface area contributed by atoms with Crippen molar-refractivity contribution in [1.82, 2.24) is 31.9 Å². The summed E-state index contributed by atoms with van der Waals surface area (Å²) in [5, 5.41) is 53.4. The van der Waals surface area contributed by atoms with E-state index < -0.39 is 103 Å². The van der Waals surface area contributed by atoms with Gasteiger partial charge >= 0.3 is 11.9 Å². The van der Waals surface area contributed by atoms with Crippen molar-refractivity contribution in [3.8, 4) is 11.5 Å². The number of carbonyl (C=O) groups excluding carboxylic acids is 6. The Kier molecular flexibility index (Phi) is 22.7. The Morgan fingerprint density at radius 1 is 0.585 bits per heavy atom. The number of benzene rings is 2. The van der Waals surface area contributed by atoms with Crippen molar-refractivity contribution in [3.05, 3.63) is 59.7 Å². The number of carbonyl (C=O) groups is 8. The van der Waals surface area contributed by atoms with Crippen LogP contribution in [-0.2, 0) is 51.2 Å². The number of aromatic hydroxyl groups is 2. The number of rotatable bonds is 28. The number of guanidine groups is 1. The van der Waals surface area contributed by atoms with Crippen LogP contribution < -0.4 is 49.1 Å². The lowest BCUT2D eigenvalue weighted by Gasteiger charge is -2.26. The molecule has 0 spiro atoms. The van der Waals surface area contributed by atoms with E-state index in [2.05, 4.69) is 36.9 Å². The fourth-order valence-electron chi connectivity index (χ4n) is 6.37. The zero-order valence-electron chi connectivity index (χ0n) is 37.0. The van der Waals surface area contributed by atoms with Gasteiger partial charge in [-0.25, -0.2) is 4.79 Å². The quantitative estimate of drug-likeness (QED) is 0.0272. The van der Waals surface area contributed by atoms with E-state index in [1.165, 1.54) is 36.4 Å². The molecule has 16 N–H and O–H groups in total. The summed E-state index contributed by atoms with van der Waals surface area (Å²) in [7, 11) is 0. The number of phenols is 2. The minimum Gasteiger partial charge on any atom is -0.508 e. The summed E-state index contributed by atoms with van der Waals surface area (Å²) in [4.78, 5) is 108. The minimum absolute atomic E-state index is 0.0216. The van der Waals surface area contributed by atoms with E-state index in [1.807, 2.05) is 0 Å². The molecule has 0 saturated carbocycles. The van der Waals surface area contributed by atoms with Crippen molar-refractivity contribution >= 4 is 53.3 Å². The van der Waals surface area contributed by atoms with Gasteiger partial charge in [-0.15, -0.1) is 0 Å². The van der Waals surface area contributed by atoms with Gasteiger partial charge in [0.1, 0.15) is 41.7 Å². The van der Waals surface area contributed by atoms with Gasteiger partial charge < -0.3 is 69.5 Å². The highest BCUT2D eigenvalue weighted by atomic mass is 16.4. The third kappa shape index (κ3) is 21.3. The molecule has 6 atom stereocenters. The number of nitrogens with one attached hydrogen (secondary N) is 6. The molecule has 0 bridgehead atoms. The Morgan fingerprint density at radius 2 is 1.02 bits per heavy atom. The van der Waals surface area contributed by atoms with Crippen molar-refractivity contribution in [3.63, 3.8) is 0 Å². The van der Waals surface area contributed by atoms with Crippen LogP contribution in [0.5, 0.6) is 11.5 Å². The van der Waals surface area contributed by atoms with Gasteiger partial charge in [-0.1, -0.05) is 52.0 Å². The Bertz CT molecular complexity index is 1960. The molecule has 0 aliphatic carbocycles. The Balaban J connectivity index is 2.28. The highest BCUT2D eigenvalue weighted by molar-refractivity contribution is 5.96. The molecule has 0 saturated heterocycles. The number of nitrogens with zero attached hydrogens (tertiary/aromatic N) is 1. The van der Waals surface area contributed by atoms with Crippen molar-refractivity contribution in [1.29, 1.82) is 0 Å². The van der Waals surface area contributed by atoms with E-state index in [9.17, 15) is 53.7 Å². The number of carboxylic acid groups (broad SMARTS) is 2. The Morgan fingerprint density at radius 3 is 1.46 bits per heavy atom. The third-order valence-corrected chi connectivity index (χ3v) is 9.71. The van der Waals surface area contributed by atoms with E-state index >= 15 is 0 Å². The van der Waals surface area contributed by atoms with Gasteiger partial charge in [0.2, 0.25) is 35.4 Å². The molecular weight excluding hydrogens is 849 g/mol. The van der Waals surface area contributed by atoms with Gasteiger partial charge in [-0.3, -0.25) is 38.6 Å². The highest BCUT2D eigenvalue weighted by Gasteiger charge is 2.32. The van der Waals surface area contributed by atoms with Gasteiger partial charge in [0, 0.05) is 25.8 Å². The first-order valence-electron chi connectivity index (χ1n) is 21.1. The maximum Gasteiger partial charge on any atom is 0.326 e. The van der Waals surface area contributed by atoms with Crippen LogP contribution in [0.4, 0.5) is 0 Å². The lowest BCUT2D eigenvalue weighted by Crippen LogP contribution is -2.58. The number of hydrogen-bond acceptors (Lipinski definition) is 12. The summed E-state index contributed by atoms with van der Waals surface area (Å²) in [6.07, 6.45) is -0.464. The van der Waals surface area contributed by atoms with Gasteiger partial charge in [-0.05, 0) is 79.3 Å². The zero-order valence-corrected chi connectivity index (χ0v) is 37.0. The standard InChI is InChI=1S/C43H64N10O12/c1-23(2)18-31(52-41(63)34(21-26-9-13-28(55)14-10-26)51-37(59)29(44)6-5-17-47-43(45)46)38(60)48-22-35(56)49-33(20-25-7-11-27(54)12-8-25)40(62)53-32(19-24(3)4)39(61)50-30(42(64)65)15-16-36(57)58/h7-14,23-24,29-34,54-55H,5-6,15-22,44H2,1-4H3,(H,48,60)(H,49,56)(H,50,61)(H,51,59)(H,52,63)(H,53,62)(H,57,58)(H,64,65)(H4,45,46,47)/t29-,30-,31-,32-,33-,34-/m0/s1. The fourth-order valence-corrected chi connectivity index (χ4v) is 6.37. The molecular formula is C43H64N10O12. The van der Waals surface area contributed by atoms with Crippen LogP contribution >= 0.6 is 0 Å². The summed E-state index contributed by atoms with van der Waals surface area (Å²) in [5.74, 6) is -8.05. The number of nitrogens with two attached hydrogens (primary N) is 3. The van der Waals surface area contributed by atoms with Gasteiger partial charge in [0.15, 0.2) is 5.96 Å². The number of hydrogen-bond donors (Lipinski definition) is 13.